The molecule has 1 aliphatic heterocycles. The van der Waals surface area contributed by atoms with Gasteiger partial charge in [-0.05, 0) is 12.3 Å². The minimum Gasteiger partial charge on any atom is -0.394 e. The van der Waals surface area contributed by atoms with E-state index in [1.165, 1.54) is 0 Å². The Morgan fingerprint density at radius 3 is 3.00 bits per heavy atom. The molecule has 0 aromatic carbocycles. The largest absolute Gasteiger partial charge is 0.394 e. The Bertz CT molecular complexity index is 397. The molecule has 2 rings (SSSR count). The van der Waals surface area contributed by atoms with Crippen LogP contribution in [0.25, 0.3) is 0 Å². The number of aliphatic hydroxyl groups excluding tert-OH is 1. The molecular formula is C11H19N5O. The summed E-state index contributed by atoms with van der Waals surface area (Å²) in [6, 6.07) is 1.98. The fraction of sp³-hybridized carbons (Fsp3) is 0.636. The second kappa shape index (κ2) is 4.75. The third-order valence-electron chi connectivity index (χ3n) is 3.35. The normalized spacial score (nSPS) is 24.1. The van der Waals surface area contributed by atoms with Crippen molar-refractivity contribution in [1.82, 2.24) is 9.97 Å². The number of hydrogen-bond acceptors (Lipinski definition) is 6. The van der Waals surface area contributed by atoms with Crippen LogP contribution in [0.5, 0.6) is 0 Å². The minimum absolute atomic E-state index is 0.119. The maximum atomic E-state index is 9.43. The summed E-state index contributed by atoms with van der Waals surface area (Å²) in [6.45, 7) is 3.18. The maximum Gasteiger partial charge on any atom is 0.223 e. The van der Waals surface area contributed by atoms with Gasteiger partial charge in [0.15, 0.2) is 0 Å². The van der Waals surface area contributed by atoms with E-state index >= 15 is 0 Å². The van der Waals surface area contributed by atoms with Gasteiger partial charge in [0.1, 0.15) is 11.6 Å². The molecule has 0 amide bonds. The molecule has 1 aromatic rings. The van der Waals surface area contributed by atoms with E-state index in [0.717, 1.165) is 18.8 Å². The van der Waals surface area contributed by atoms with Crippen LogP contribution in [0.2, 0.25) is 0 Å². The average molecular weight is 237 g/mol. The quantitative estimate of drug-likeness (QED) is 0.701. The van der Waals surface area contributed by atoms with Crippen molar-refractivity contribution < 1.29 is 5.11 Å². The summed E-state index contributed by atoms with van der Waals surface area (Å²) in [4.78, 5) is 10.4. The van der Waals surface area contributed by atoms with E-state index in [4.69, 9.17) is 5.73 Å². The highest BCUT2D eigenvalue weighted by molar-refractivity contribution is 5.53. The lowest BCUT2D eigenvalue weighted by Crippen LogP contribution is -2.35. The Morgan fingerprint density at radius 2 is 2.35 bits per heavy atom. The fourth-order valence-corrected chi connectivity index (χ4v) is 2.30. The molecule has 0 bridgehead atoms. The van der Waals surface area contributed by atoms with Gasteiger partial charge in [0.05, 0.1) is 12.6 Å². The van der Waals surface area contributed by atoms with Gasteiger partial charge in [-0.2, -0.15) is 9.97 Å². The molecule has 0 radical (unpaired) electrons. The number of rotatable bonds is 3. The van der Waals surface area contributed by atoms with Gasteiger partial charge in [-0.3, -0.25) is 0 Å². The Morgan fingerprint density at radius 1 is 1.59 bits per heavy atom. The van der Waals surface area contributed by atoms with Crippen LogP contribution >= 0.6 is 0 Å². The third-order valence-corrected chi connectivity index (χ3v) is 3.35. The van der Waals surface area contributed by atoms with Crippen LogP contribution in [0, 0.1) is 5.92 Å². The molecule has 4 N–H and O–H groups in total. The second-order valence-electron chi connectivity index (χ2n) is 4.43. The molecule has 1 aromatic heterocycles. The van der Waals surface area contributed by atoms with E-state index in [0.29, 0.717) is 11.7 Å². The van der Waals surface area contributed by atoms with Gasteiger partial charge < -0.3 is 21.1 Å². The molecule has 1 fully saturated rings. The molecule has 2 unspecified atom stereocenters. The van der Waals surface area contributed by atoms with Crippen molar-refractivity contribution in [2.45, 2.75) is 19.4 Å². The summed E-state index contributed by atoms with van der Waals surface area (Å²) in [5.74, 6) is 2.20. The van der Waals surface area contributed by atoms with Crippen molar-refractivity contribution in [3.8, 4) is 0 Å². The van der Waals surface area contributed by atoms with Crippen LogP contribution < -0.4 is 16.0 Å². The third kappa shape index (κ3) is 2.26. The first-order chi connectivity index (χ1) is 8.15. The SMILES string of the molecule is CNc1cc(N2CCC(C)C2CO)nc(N)n1. The summed E-state index contributed by atoms with van der Waals surface area (Å²) in [6.07, 6.45) is 1.06. The molecule has 0 aliphatic carbocycles. The molecular weight excluding hydrogens is 218 g/mol. The van der Waals surface area contributed by atoms with Gasteiger partial charge >= 0.3 is 0 Å². The second-order valence-corrected chi connectivity index (χ2v) is 4.43. The lowest BCUT2D eigenvalue weighted by molar-refractivity contribution is 0.244. The molecule has 1 saturated heterocycles. The van der Waals surface area contributed by atoms with Gasteiger partial charge in [0, 0.05) is 19.7 Å². The first kappa shape index (κ1) is 11.9. The Labute approximate surface area is 101 Å². The Hall–Kier alpha value is -1.56. The number of hydrogen-bond donors (Lipinski definition) is 3. The molecule has 17 heavy (non-hydrogen) atoms. The highest BCUT2D eigenvalue weighted by atomic mass is 16.3. The first-order valence-corrected chi connectivity index (χ1v) is 5.85. The van der Waals surface area contributed by atoms with Crippen LogP contribution in [-0.2, 0) is 0 Å². The zero-order valence-electron chi connectivity index (χ0n) is 10.2. The number of nitrogens with two attached hydrogens (primary N) is 1. The van der Waals surface area contributed by atoms with Crippen LogP contribution in [0.4, 0.5) is 17.6 Å². The molecule has 2 atom stereocenters. The monoisotopic (exact) mass is 237 g/mol. The van der Waals surface area contributed by atoms with Crippen LogP contribution in [-0.4, -0.2) is 41.3 Å². The number of nitrogen functional groups attached to an aromatic ring is 1. The van der Waals surface area contributed by atoms with Crippen LogP contribution in [0.1, 0.15) is 13.3 Å². The first-order valence-electron chi connectivity index (χ1n) is 5.85. The predicted molar refractivity (Wildman–Crippen MR) is 68.0 cm³/mol. The van der Waals surface area contributed by atoms with Gasteiger partial charge in [-0.1, -0.05) is 6.92 Å². The van der Waals surface area contributed by atoms with E-state index in [1.807, 2.05) is 6.07 Å². The van der Waals surface area contributed by atoms with Crippen LogP contribution in [0.3, 0.4) is 0 Å². The maximum absolute atomic E-state index is 9.43. The van der Waals surface area contributed by atoms with Gasteiger partial charge in [-0.15, -0.1) is 0 Å². The van der Waals surface area contributed by atoms with Crippen LogP contribution in [0.15, 0.2) is 6.07 Å². The molecule has 6 nitrogen and oxygen atoms in total. The molecule has 94 valence electrons. The predicted octanol–water partition coefficient (Wildman–Crippen LogP) is 0.308. The fourth-order valence-electron chi connectivity index (χ4n) is 2.30. The number of aliphatic hydroxyl groups is 1. The number of nitrogens with one attached hydrogen (secondary N) is 1. The number of anilines is 3. The number of aromatic nitrogens is 2. The Kier molecular flexibility index (Phi) is 3.33. The lowest BCUT2D eigenvalue weighted by Gasteiger charge is -2.26. The molecule has 1 aliphatic rings. The van der Waals surface area contributed by atoms with E-state index in [2.05, 4.69) is 27.1 Å². The average Bonchev–Trinajstić information content (AvgIpc) is 2.69. The van der Waals surface area contributed by atoms with Gasteiger partial charge in [0.2, 0.25) is 5.95 Å². The van der Waals surface area contributed by atoms with Crippen molar-refractivity contribution in [2.24, 2.45) is 5.92 Å². The van der Waals surface area contributed by atoms with E-state index < -0.39 is 0 Å². The van der Waals surface area contributed by atoms with Crippen molar-refractivity contribution in [1.29, 1.82) is 0 Å². The van der Waals surface area contributed by atoms with E-state index in [1.54, 1.807) is 7.05 Å². The van der Waals surface area contributed by atoms with Crippen molar-refractivity contribution in [3.63, 3.8) is 0 Å². The number of nitrogens with zero attached hydrogens (tertiary/aromatic N) is 3. The summed E-state index contributed by atoms with van der Waals surface area (Å²) in [7, 11) is 1.79. The standard InChI is InChI=1S/C11H19N5O/c1-7-3-4-16(8(7)6-17)10-5-9(13-2)14-11(12)15-10/h5,7-8,17H,3-4,6H2,1-2H3,(H3,12,13,14,15). The molecule has 2 heterocycles. The molecule has 0 spiro atoms. The summed E-state index contributed by atoms with van der Waals surface area (Å²) in [5.41, 5.74) is 5.67. The topological polar surface area (TPSA) is 87.3 Å². The lowest BCUT2D eigenvalue weighted by atomic mass is 10.0. The smallest absolute Gasteiger partial charge is 0.223 e. The van der Waals surface area contributed by atoms with Crippen molar-refractivity contribution in [3.05, 3.63) is 6.07 Å². The van der Waals surface area contributed by atoms with E-state index in [9.17, 15) is 5.11 Å². The van der Waals surface area contributed by atoms with E-state index in [-0.39, 0.29) is 18.6 Å². The highest BCUT2D eigenvalue weighted by Crippen LogP contribution is 2.29. The molecule has 6 heteroatoms. The van der Waals surface area contributed by atoms with Gasteiger partial charge in [-0.25, -0.2) is 0 Å². The summed E-state index contributed by atoms with van der Waals surface area (Å²) >= 11 is 0. The zero-order valence-corrected chi connectivity index (χ0v) is 10.2. The van der Waals surface area contributed by atoms with Gasteiger partial charge in [0.25, 0.3) is 0 Å². The highest BCUT2D eigenvalue weighted by Gasteiger charge is 2.31. The van der Waals surface area contributed by atoms with Crippen molar-refractivity contribution >= 4 is 17.6 Å². The molecule has 0 saturated carbocycles. The zero-order chi connectivity index (χ0) is 12.4. The Balaban J connectivity index is 2.30. The van der Waals surface area contributed by atoms with Crippen molar-refractivity contribution in [2.75, 3.05) is 36.1 Å². The summed E-state index contributed by atoms with van der Waals surface area (Å²) < 4.78 is 0. The summed E-state index contributed by atoms with van der Waals surface area (Å²) in [5, 5.41) is 12.4. The minimum atomic E-state index is 0.119.